The minimum atomic E-state index is -3.74. The van der Waals surface area contributed by atoms with Crippen LogP contribution in [0.25, 0.3) is 0 Å². The van der Waals surface area contributed by atoms with Crippen LogP contribution in [0.3, 0.4) is 0 Å². The van der Waals surface area contributed by atoms with Gasteiger partial charge >= 0.3 is 0 Å². The van der Waals surface area contributed by atoms with E-state index < -0.39 is 16.1 Å². The summed E-state index contributed by atoms with van der Waals surface area (Å²) in [6.07, 6.45) is -0.742. The van der Waals surface area contributed by atoms with Crippen molar-refractivity contribution in [3.8, 4) is 0 Å². The number of nitrogens with zero attached hydrogens (tertiary/aromatic N) is 2. The van der Waals surface area contributed by atoms with Crippen LogP contribution in [-0.4, -0.2) is 37.1 Å². The SMILES string of the molecule is Cc1noc(C)c1S(=O)(=O)N1CC(C)OC(c2ccc(F)cc2)C1. The Morgan fingerprint density at radius 3 is 2.46 bits per heavy atom. The molecule has 130 valence electrons. The van der Waals surface area contributed by atoms with E-state index in [4.69, 9.17) is 9.26 Å². The number of sulfonamides is 1. The first-order valence-corrected chi connectivity index (χ1v) is 9.07. The molecular weight excluding hydrogens is 335 g/mol. The zero-order valence-electron chi connectivity index (χ0n) is 13.7. The molecule has 1 aliphatic rings. The van der Waals surface area contributed by atoms with Crippen molar-refractivity contribution in [3.05, 3.63) is 47.1 Å². The van der Waals surface area contributed by atoms with Crippen molar-refractivity contribution in [1.82, 2.24) is 9.46 Å². The third kappa shape index (κ3) is 3.09. The number of morpholine rings is 1. The van der Waals surface area contributed by atoms with Gasteiger partial charge < -0.3 is 9.26 Å². The lowest BCUT2D eigenvalue weighted by Crippen LogP contribution is -2.46. The predicted octanol–water partition coefficient (Wildman–Crippen LogP) is 2.58. The third-order valence-electron chi connectivity index (χ3n) is 4.03. The summed E-state index contributed by atoms with van der Waals surface area (Å²) in [6, 6.07) is 5.90. The van der Waals surface area contributed by atoms with Gasteiger partial charge in [0.1, 0.15) is 16.4 Å². The second kappa shape index (κ2) is 6.27. The molecule has 2 aromatic rings. The Bertz CT molecular complexity index is 813. The molecule has 0 amide bonds. The van der Waals surface area contributed by atoms with Gasteiger partial charge in [-0.3, -0.25) is 0 Å². The molecule has 8 heteroatoms. The molecule has 2 atom stereocenters. The van der Waals surface area contributed by atoms with Crippen LogP contribution in [0.1, 0.15) is 30.0 Å². The molecule has 1 aromatic carbocycles. The maximum atomic E-state index is 13.1. The number of aromatic nitrogens is 1. The molecule has 1 saturated heterocycles. The number of benzene rings is 1. The Hall–Kier alpha value is -1.77. The fourth-order valence-electron chi connectivity index (χ4n) is 2.94. The Kier molecular flexibility index (Phi) is 4.46. The van der Waals surface area contributed by atoms with Crippen molar-refractivity contribution in [2.75, 3.05) is 13.1 Å². The van der Waals surface area contributed by atoms with E-state index in [1.165, 1.54) is 16.4 Å². The molecule has 0 aliphatic carbocycles. The summed E-state index contributed by atoms with van der Waals surface area (Å²) in [7, 11) is -3.74. The summed E-state index contributed by atoms with van der Waals surface area (Å²) in [6.45, 7) is 5.39. The fourth-order valence-corrected chi connectivity index (χ4v) is 4.75. The number of ether oxygens (including phenoxy) is 1. The van der Waals surface area contributed by atoms with Crippen molar-refractivity contribution in [2.45, 2.75) is 37.9 Å². The number of hydrogen-bond acceptors (Lipinski definition) is 5. The highest BCUT2D eigenvalue weighted by molar-refractivity contribution is 7.89. The molecular formula is C16H19FN2O4S. The Balaban J connectivity index is 1.92. The number of rotatable bonds is 3. The Labute approximate surface area is 140 Å². The smallest absolute Gasteiger partial charge is 0.248 e. The van der Waals surface area contributed by atoms with Crippen molar-refractivity contribution >= 4 is 10.0 Å². The van der Waals surface area contributed by atoms with E-state index in [2.05, 4.69) is 5.16 Å². The molecule has 0 radical (unpaired) electrons. The van der Waals surface area contributed by atoms with Crippen LogP contribution in [0, 0.1) is 19.7 Å². The molecule has 0 saturated carbocycles. The van der Waals surface area contributed by atoms with Gasteiger partial charge in [-0.25, -0.2) is 12.8 Å². The van der Waals surface area contributed by atoms with Crippen molar-refractivity contribution in [3.63, 3.8) is 0 Å². The molecule has 1 aliphatic heterocycles. The van der Waals surface area contributed by atoms with E-state index in [0.717, 1.165) is 5.56 Å². The van der Waals surface area contributed by atoms with Gasteiger partial charge in [0.2, 0.25) is 10.0 Å². The third-order valence-corrected chi connectivity index (χ3v) is 6.11. The van der Waals surface area contributed by atoms with E-state index >= 15 is 0 Å². The minimum Gasteiger partial charge on any atom is -0.368 e. The Morgan fingerprint density at radius 1 is 1.21 bits per heavy atom. The summed E-state index contributed by atoms with van der Waals surface area (Å²) >= 11 is 0. The van der Waals surface area contributed by atoms with E-state index in [1.807, 2.05) is 6.92 Å². The lowest BCUT2D eigenvalue weighted by molar-refractivity contribution is -0.0557. The van der Waals surface area contributed by atoms with E-state index in [0.29, 0.717) is 5.69 Å². The van der Waals surface area contributed by atoms with Gasteiger partial charge in [0.25, 0.3) is 0 Å². The van der Waals surface area contributed by atoms with Crippen LogP contribution >= 0.6 is 0 Å². The average molecular weight is 354 g/mol. The molecule has 24 heavy (non-hydrogen) atoms. The summed E-state index contributed by atoms with van der Waals surface area (Å²) in [5.41, 5.74) is 1.08. The standard InChI is InChI=1S/C16H19FN2O4S/c1-10-8-19(24(20,21)16-11(2)18-23-12(16)3)9-15(22-10)13-4-6-14(17)7-5-13/h4-7,10,15H,8-9H2,1-3H3. The van der Waals surface area contributed by atoms with Crippen LogP contribution in [0.2, 0.25) is 0 Å². The van der Waals surface area contributed by atoms with Gasteiger partial charge in [-0.2, -0.15) is 4.31 Å². The van der Waals surface area contributed by atoms with E-state index in [1.54, 1.807) is 26.0 Å². The second-order valence-corrected chi connectivity index (χ2v) is 7.84. The van der Waals surface area contributed by atoms with Crippen LogP contribution in [-0.2, 0) is 14.8 Å². The molecule has 1 fully saturated rings. The zero-order chi connectivity index (χ0) is 17.5. The maximum absolute atomic E-state index is 13.1. The highest BCUT2D eigenvalue weighted by atomic mass is 32.2. The number of hydrogen-bond donors (Lipinski definition) is 0. The van der Waals surface area contributed by atoms with Gasteiger partial charge in [-0.1, -0.05) is 17.3 Å². The van der Waals surface area contributed by atoms with Crippen molar-refractivity contribution < 1.29 is 22.1 Å². The average Bonchev–Trinajstić information content (AvgIpc) is 2.87. The van der Waals surface area contributed by atoms with Crippen LogP contribution in [0.4, 0.5) is 4.39 Å². The number of aryl methyl sites for hydroxylation is 2. The van der Waals surface area contributed by atoms with Crippen molar-refractivity contribution in [2.24, 2.45) is 0 Å². The maximum Gasteiger partial charge on any atom is 0.248 e. The van der Waals surface area contributed by atoms with Gasteiger partial charge in [0.05, 0.1) is 12.2 Å². The summed E-state index contributed by atoms with van der Waals surface area (Å²) in [5.74, 6) is -0.0761. The van der Waals surface area contributed by atoms with Gasteiger partial charge in [0, 0.05) is 13.1 Å². The first kappa shape index (κ1) is 17.1. The molecule has 1 aromatic heterocycles. The highest BCUT2D eigenvalue weighted by Gasteiger charge is 2.37. The molecule has 0 bridgehead atoms. The van der Waals surface area contributed by atoms with Crippen LogP contribution in [0.15, 0.2) is 33.7 Å². The normalized spacial score (nSPS) is 22.7. The lowest BCUT2D eigenvalue weighted by atomic mass is 10.1. The molecule has 6 nitrogen and oxygen atoms in total. The second-order valence-electron chi connectivity index (χ2n) is 5.96. The largest absolute Gasteiger partial charge is 0.368 e. The van der Waals surface area contributed by atoms with Gasteiger partial charge in [-0.15, -0.1) is 0 Å². The fraction of sp³-hybridized carbons (Fsp3) is 0.438. The molecule has 2 unspecified atom stereocenters. The molecule has 2 heterocycles. The topological polar surface area (TPSA) is 72.6 Å². The lowest BCUT2D eigenvalue weighted by Gasteiger charge is -2.36. The molecule has 0 N–H and O–H groups in total. The minimum absolute atomic E-state index is 0.106. The summed E-state index contributed by atoms with van der Waals surface area (Å²) < 4.78 is 51.3. The first-order valence-electron chi connectivity index (χ1n) is 7.63. The van der Waals surface area contributed by atoms with Crippen molar-refractivity contribution in [1.29, 1.82) is 0 Å². The summed E-state index contributed by atoms with van der Waals surface area (Å²) in [4.78, 5) is 0.106. The van der Waals surface area contributed by atoms with E-state index in [-0.39, 0.29) is 35.7 Å². The van der Waals surface area contributed by atoms with Crippen LogP contribution in [0.5, 0.6) is 0 Å². The van der Waals surface area contributed by atoms with Crippen LogP contribution < -0.4 is 0 Å². The quantitative estimate of drug-likeness (QED) is 0.847. The zero-order valence-corrected chi connectivity index (χ0v) is 14.5. The summed E-state index contributed by atoms with van der Waals surface area (Å²) in [5, 5.41) is 3.73. The Morgan fingerprint density at radius 2 is 1.88 bits per heavy atom. The highest BCUT2D eigenvalue weighted by Crippen LogP contribution is 2.31. The first-order chi connectivity index (χ1) is 11.3. The molecule has 3 rings (SSSR count). The van der Waals surface area contributed by atoms with Gasteiger partial charge in [-0.05, 0) is 38.5 Å². The monoisotopic (exact) mass is 354 g/mol. The number of halogens is 1. The predicted molar refractivity (Wildman–Crippen MR) is 84.4 cm³/mol. The molecule has 0 spiro atoms. The van der Waals surface area contributed by atoms with E-state index in [9.17, 15) is 12.8 Å². The van der Waals surface area contributed by atoms with Gasteiger partial charge in [0.15, 0.2) is 5.76 Å².